The van der Waals surface area contributed by atoms with Crippen molar-refractivity contribution in [2.45, 2.75) is 51.9 Å². The Morgan fingerprint density at radius 2 is 1.89 bits per heavy atom. The molecule has 1 heterocycles. The highest BCUT2D eigenvalue weighted by atomic mass is 16.2. The molecule has 0 saturated heterocycles. The molecule has 1 N–H and O–H groups in total. The average Bonchev–Trinajstić information content (AvgIpc) is 2.45. The molecule has 0 fully saturated rings. The minimum absolute atomic E-state index is 0.0105. The highest BCUT2D eigenvalue weighted by Crippen LogP contribution is 2.13. The van der Waals surface area contributed by atoms with Gasteiger partial charge in [0.2, 0.25) is 5.91 Å². The Morgan fingerprint density at radius 1 is 1.11 bits per heavy atom. The topological polar surface area (TPSA) is 41.5 Å². The van der Waals surface area contributed by atoms with E-state index < -0.39 is 0 Å². The van der Waals surface area contributed by atoms with Crippen LogP contribution < -0.4 is 5.43 Å². The van der Waals surface area contributed by atoms with E-state index in [9.17, 15) is 4.79 Å². The lowest BCUT2D eigenvalue weighted by atomic mass is 10.0. The van der Waals surface area contributed by atoms with Gasteiger partial charge in [-0.3, -0.25) is 4.79 Å². The highest BCUT2D eigenvalue weighted by Gasteiger charge is 2.12. The number of carbonyl (C=O) groups is 1. The molecule has 0 unspecified atom stereocenters. The number of rotatable bonds is 6. The fourth-order valence-corrected chi connectivity index (χ4v) is 2.30. The molecule has 1 amide bonds. The van der Waals surface area contributed by atoms with Crippen molar-refractivity contribution >= 4 is 11.6 Å². The molecule has 0 radical (unpaired) electrons. The third kappa shape index (κ3) is 4.19. The maximum atomic E-state index is 11.0. The highest BCUT2D eigenvalue weighted by molar-refractivity contribution is 6.04. The summed E-state index contributed by atoms with van der Waals surface area (Å²) in [5.41, 5.74) is 6.04. The lowest BCUT2D eigenvalue weighted by molar-refractivity contribution is -0.121. The molecule has 3 nitrogen and oxygen atoms in total. The van der Waals surface area contributed by atoms with Crippen molar-refractivity contribution in [3.05, 3.63) is 35.4 Å². The monoisotopic (exact) mass is 258 g/mol. The van der Waals surface area contributed by atoms with E-state index in [2.05, 4.69) is 41.7 Å². The molecule has 1 aliphatic rings. The van der Waals surface area contributed by atoms with E-state index in [0.717, 1.165) is 24.1 Å². The number of carbonyl (C=O) groups excluding carboxylic acids is 1. The van der Waals surface area contributed by atoms with Crippen molar-refractivity contribution in [3.63, 3.8) is 0 Å². The summed E-state index contributed by atoms with van der Waals surface area (Å²) in [6.45, 7) is 2.23. The van der Waals surface area contributed by atoms with Gasteiger partial charge in [-0.05, 0) is 24.0 Å². The summed E-state index contributed by atoms with van der Waals surface area (Å²) < 4.78 is 0. The van der Waals surface area contributed by atoms with Crippen molar-refractivity contribution in [2.24, 2.45) is 5.10 Å². The van der Waals surface area contributed by atoms with Crippen LogP contribution in [0.2, 0.25) is 0 Å². The summed E-state index contributed by atoms with van der Waals surface area (Å²) in [6.07, 6.45) is 7.63. The minimum atomic E-state index is 0.0105. The van der Waals surface area contributed by atoms with Crippen LogP contribution in [0.3, 0.4) is 0 Å². The second-order valence-corrected chi connectivity index (χ2v) is 5.10. The summed E-state index contributed by atoms with van der Waals surface area (Å²) in [6, 6.07) is 8.59. The van der Waals surface area contributed by atoms with E-state index in [1.54, 1.807) is 0 Å². The first-order valence-corrected chi connectivity index (χ1v) is 7.24. The number of aryl methyl sites for hydroxylation is 1. The normalized spacial score (nSPS) is 15.0. The van der Waals surface area contributed by atoms with Crippen molar-refractivity contribution < 1.29 is 4.79 Å². The summed E-state index contributed by atoms with van der Waals surface area (Å²) >= 11 is 0. The smallest absolute Gasteiger partial charge is 0.240 e. The largest absolute Gasteiger partial charge is 0.273 e. The maximum absolute atomic E-state index is 11.0. The van der Waals surface area contributed by atoms with Crippen LogP contribution in [-0.4, -0.2) is 11.6 Å². The van der Waals surface area contributed by atoms with Crippen LogP contribution in [0, 0.1) is 0 Å². The summed E-state index contributed by atoms with van der Waals surface area (Å²) in [7, 11) is 0. The molecule has 1 aliphatic heterocycles. The third-order valence-electron chi connectivity index (χ3n) is 3.51. The first-order chi connectivity index (χ1) is 9.29. The molecule has 0 bridgehead atoms. The van der Waals surface area contributed by atoms with Crippen LogP contribution in [0.4, 0.5) is 0 Å². The molecule has 0 atom stereocenters. The second kappa shape index (κ2) is 7.07. The van der Waals surface area contributed by atoms with E-state index >= 15 is 0 Å². The molecule has 0 aromatic heterocycles. The molecule has 0 aliphatic carbocycles. The Labute approximate surface area is 115 Å². The number of benzene rings is 1. The van der Waals surface area contributed by atoms with E-state index in [4.69, 9.17) is 0 Å². The van der Waals surface area contributed by atoms with E-state index in [-0.39, 0.29) is 5.91 Å². The van der Waals surface area contributed by atoms with Crippen molar-refractivity contribution in [3.8, 4) is 0 Å². The fourth-order valence-electron chi connectivity index (χ4n) is 2.30. The molecule has 3 heteroatoms. The Balaban J connectivity index is 1.89. The molecule has 1 aromatic rings. The van der Waals surface area contributed by atoms with Crippen molar-refractivity contribution in [1.29, 1.82) is 0 Å². The number of unbranched alkanes of at least 4 members (excludes halogenated alkanes) is 3. The van der Waals surface area contributed by atoms with Gasteiger partial charge in [0, 0.05) is 12.8 Å². The first-order valence-electron chi connectivity index (χ1n) is 7.24. The number of amides is 1. The van der Waals surface area contributed by atoms with E-state index in [0.29, 0.717) is 6.42 Å². The number of hydrazone groups is 1. The Hall–Kier alpha value is -1.64. The summed E-state index contributed by atoms with van der Waals surface area (Å²) in [5, 5.41) is 4.11. The quantitative estimate of drug-likeness (QED) is 0.780. The molecule has 2 rings (SSSR count). The van der Waals surface area contributed by atoms with Gasteiger partial charge in [0.15, 0.2) is 0 Å². The van der Waals surface area contributed by atoms with Gasteiger partial charge in [0.1, 0.15) is 0 Å². The summed E-state index contributed by atoms with van der Waals surface area (Å²) in [4.78, 5) is 11.0. The van der Waals surface area contributed by atoms with Crippen LogP contribution in [-0.2, 0) is 11.2 Å². The molecule has 0 saturated carbocycles. The predicted molar refractivity (Wildman–Crippen MR) is 78.2 cm³/mol. The lowest BCUT2D eigenvalue weighted by Gasteiger charge is -2.12. The molecule has 19 heavy (non-hydrogen) atoms. The van der Waals surface area contributed by atoms with Gasteiger partial charge in [0.05, 0.1) is 5.71 Å². The molecule has 102 valence electrons. The zero-order valence-electron chi connectivity index (χ0n) is 11.6. The Morgan fingerprint density at radius 3 is 2.53 bits per heavy atom. The minimum Gasteiger partial charge on any atom is -0.273 e. The van der Waals surface area contributed by atoms with E-state index in [1.807, 2.05) is 0 Å². The number of nitrogens with one attached hydrogen (secondary N) is 1. The van der Waals surface area contributed by atoms with Gasteiger partial charge in [0.25, 0.3) is 0 Å². The third-order valence-corrected chi connectivity index (χ3v) is 3.51. The lowest BCUT2D eigenvalue weighted by Crippen LogP contribution is -2.25. The van der Waals surface area contributed by atoms with Gasteiger partial charge in [-0.25, -0.2) is 5.43 Å². The predicted octanol–water partition coefficient (Wildman–Crippen LogP) is 3.42. The zero-order valence-corrected chi connectivity index (χ0v) is 11.6. The van der Waals surface area contributed by atoms with Gasteiger partial charge in [-0.15, -0.1) is 0 Å². The number of nitrogens with zero attached hydrogens (tertiary/aromatic N) is 1. The molecule has 0 spiro atoms. The van der Waals surface area contributed by atoms with Crippen LogP contribution in [0.5, 0.6) is 0 Å². The summed E-state index contributed by atoms with van der Waals surface area (Å²) in [5.74, 6) is 0.0105. The first kappa shape index (κ1) is 13.8. The van der Waals surface area contributed by atoms with Crippen molar-refractivity contribution in [1.82, 2.24) is 5.43 Å². The van der Waals surface area contributed by atoms with Crippen molar-refractivity contribution in [2.75, 3.05) is 0 Å². The van der Waals surface area contributed by atoms with Gasteiger partial charge < -0.3 is 0 Å². The zero-order chi connectivity index (χ0) is 13.5. The van der Waals surface area contributed by atoms with Crippen LogP contribution >= 0.6 is 0 Å². The number of hydrogen-bond donors (Lipinski definition) is 1. The van der Waals surface area contributed by atoms with Crippen LogP contribution in [0.15, 0.2) is 29.4 Å². The Kier molecular flexibility index (Phi) is 5.13. The molecule has 1 aromatic carbocycles. The van der Waals surface area contributed by atoms with Gasteiger partial charge >= 0.3 is 0 Å². The number of hydrogen-bond acceptors (Lipinski definition) is 2. The molecular formula is C16H22N2O. The van der Waals surface area contributed by atoms with E-state index in [1.165, 1.54) is 31.2 Å². The van der Waals surface area contributed by atoms with Gasteiger partial charge in [-0.1, -0.05) is 50.5 Å². The fraction of sp³-hybridized carbons (Fsp3) is 0.500. The van der Waals surface area contributed by atoms with Crippen LogP contribution in [0.25, 0.3) is 0 Å². The average molecular weight is 258 g/mol. The Bertz CT molecular complexity index is 448. The van der Waals surface area contributed by atoms with Gasteiger partial charge in [-0.2, -0.15) is 5.10 Å². The standard InChI is InChI=1S/C16H22N2O/c1-2-3-4-5-6-13-7-9-14(10-8-13)15-11-12-16(19)18-17-15/h7-10H,2-6,11-12H2,1H3,(H,18,19). The SMILES string of the molecule is CCCCCCc1ccc(C2=NNC(=O)CC2)cc1. The maximum Gasteiger partial charge on any atom is 0.240 e. The second-order valence-electron chi connectivity index (χ2n) is 5.10. The molecular weight excluding hydrogens is 236 g/mol. The van der Waals surface area contributed by atoms with Crippen LogP contribution in [0.1, 0.15) is 56.6 Å².